The Morgan fingerprint density at radius 3 is 2.00 bits per heavy atom. The van der Waals surface area contributed by atoms with E-state index in [4.69, 9.17) is 0 Å². The largest absolute Gasteiger partial charge is 0.372 e. The molecule has 0 N–H and O–H groups in total. The standard InChI is InChI=1S/C25H42N4O2/c1-6-11-12-13-16-28-17-18-29(25(31)24(28)30)20-21-14-15-22(26(7-2)8-3)19-23(21)27(9-4)10-5/h14-15,19H,6-13,16-18,20H2,1-5H3. The molecule has 1 aromatic rings. The van der Waals surface area contributed by atoms with Crippen molar-refractivity contribution in [2.24, 2.45) is 0 Å². The van der Waals surface area contributed by atoms with Gasteiger partial charge >= 0.3 is 11.8 Å². The van der Waals surface area contributed by atoms with Crippen molar-refractivity contribution in [3.05, 3.63) is 23.8 Å². The molecular formula is C25H42N4O2. The molecule has 1 aromatic carbocycles. The summed E-state index contributed by atoms with van der Waals surface area (Å²) in [6.45, 7) is 17.0. The number of unbranched alkanes of at least 4 members (excludes halogenated alkanes) is 3. The third-order valence-electron chi connectivity index (χ3n) is 6.34. The van der Waals surface area contributed by atoms with E-state index >= 15 is 0 Å². The number of anilines is 2. The maximum Gasteiger partial charge on any atom is 0.312 e. The Balaban J connectivity index is 2.16. The van der Waals surface area contributed by atoms with Gasteiger partial charge in [0.1, 0.15) is 0 Å². The van der Waals surface area contributed by atoms with Gasteiger partial charge in [-0.25, -0.2) is 0 Å². The van der Waals surface area contributed by atoms with Gasteiger partial charge in [0.15, 0.2) is 0 Å². The van der Waals surface area contributed by atoms with E-state index in [9.17, 15) is 9.59 Å². The summed E-state index contributed by atoms with van der Waals surface area (Å²) in [6, 6.07) is 6.52. The second-order valence-electron chi connectivity index (χ2n) is 8.24. The van der Waals surface area contributed by atoms with Crippen molar-refractivity contribution in [1.29, 1.82) is 0 Å². The van der Waals surface area contributed by atoms with Crippen molar-refractivity contribution < 1.29 is 9.59 Å². The van der Waals surface area contributed by atoms with Crippen molar-refractivity contribution in [3.63, 3.8) is 0 Å². The van der Waals surface area contributed by atoms with Crippen molar-refractivity contribution in [1.82, 2.24) is 9.80 Å². The molecular weight excluding hydrogens is 388 g/mol. The van der Waals surface area contributed by atoms with Gasteiger partial charge in [-0.1, -0.05) is 32.3 Å². The first-order chi connectivity index (χ1) is 15.0. The van der Waals surface area contributed by atoms with Crippen molar-refractivity contribution in [2.75, 3.05) is 55.6 Å². The number of piperazine rings is 1. The van der Waals surface area contributed by atoms with Gasteiger partial charge in [0.05, 0.1) is 0 Å². The van der Waals surface area contributed by atoms with E-state index in [0.717, 1.165) is 50.3 Å². The first-order valence-corrected chi connectivity index (χ1v) is 12.2. The second kappa shape index (κ2) is 12.6. The number of amides is 2. The first-order valence-electron chi connectivity index (χ1n) is 12.2. The lowest BCUT2D eigenvalue weighted by Crippen LogP contribution is -2.54. The highest BCUT2D eigenvalue weighted by Crippen LogP contribution is 2.29. The highest BCUT2D eigenvalue weighted by Gasteiger charge is 2.32. The average Bonchev–Trinajstić information content (AvgIpc) is 2.78. The molecule has 0 unspecified atom stereocenters. The molecule has 31 heavy (non-hydrogen) atoms. The highest BCUT2D eigenvalue weighted by molar-refractivity contribution is 6.35. The van der Waals surface area contributed by atoms with Crippen LogP contribution in [0.2, 0.25) is 0 Å². The van der Waals surface area contributed by atoms with Crippen LogP contribution < -0.4 is 9.80 Å². The predicted octanol–water partition coefficient (Wildman–Crippen LogP) is 4.13. The molecule has 0 radical (unpaired) electrons. The summed E-state index contributed by atoms with van der Waals surface area (Å²) in [5, 5.41) is 0. The van der Waals surface area contributed by atoms with Crippen LogP contribution in [0.25, 0.3) is 0 Å². The van der Waals surface area contributed by atoms with Gasteiger partial charge < -0.3 is 19.6 Å². The van der Waals surface area contributed by atoms with E-state index in [2.05, 4.69) is 62.6 Å². The minimum atomic E-state index is -0.361. The molecule has 0 saturated carbocycles. The lowest BCUT2D eigenvalue weighted by molar-refractivity contribution is -0.156. The molecule has 2 amide bonds. The molecule has 0 atom stereocenters. The lowest BCUT2D eigenvalue weighted by Gasteiger charge is -2.35. The lowest BCUT2D eigenvalue weighted by atomic mass is 10.1. The zero-order chi connectivity index (χ0) is 22.8. The first kappa shape index (κ1) is 25.0. The van der Waals surface area contributed by atoms with E-state index < -0.39 is 0 Å². The molecule has 6 nitrogen and oxygen atoms in total. The van der Waals surface area contributed by atoms with E-state index in [0.29, 0.717) is 26.2 Å². The normalized spacial score (nSPS) is 14.4. The Labute approximate surface area is 189 Å². The minimum Gasteiger partial charge on any atom is -0.372 e. The molecule has 1 fully saturated rings. The van der Waals surface area contributed by atoms with Gasteiger partial charge in [0.25, 0.3) is 0 Å². The number of benzene rings is 1. The number of carbonyl (C=O) groups is 2. The van der Waals surface area contributed by atoms with Crippen LogP contribution in [0.15, 0.2) is 18.2 Å². The molecule has 1 aliphatic rings. The zero-order valence-electron chi connectivity index (χ0n) is 20.3. The van der Waals surface area contributed by atoms with Crippen LogP contribution >= 0.6 is 0 Å². The van der Waals surface area contributed by atoms with E-state index in [1.807, 2.05) is 0 Å². The maximum absolute atomic E-state index is 12.8. The van der Waals surface area contributed by atoms with Crippen LogP contribution in [0, 0.1) is 0 Å². The smallest absolute Gasteiger partial charge is 0.312 e. The number of rotatable bonds is 13. The van der Waals surface area contributed by atoms with Crippen LogP contribution in [0.5, 0.6) is 0 Å². The van der Waals surface area contributed by atoms with Crippen LogP contribution in [-0.4, -0.2) is 67.4 Å². The molecule has 6 heteroatoms. The van der Waals surface area contributed by atoms with Crippen molar-refractivity contribution in [2.45, 2.75) is 66.8 Å². The Morgan fingerprint density at radius 1 is 0.774 bits per heavy atom. The van der Waals surface area contributed by atoms with Crippen LogP contribution in [0.3, 0.4) is 0 Å². The average molecular weight is 431 g/mol. The highest BCUT2D eigenvalue weighted by atomic mass is 16.2. The Hall–Kier alpha value is -2.24. The predicted molar refractivity (Wildman–Crippen MR) is 130 cm³/mol. The van der Waals surface area contributed by atoms with Crippen LogP contribution in [0.4, 0.5) is 11.4 Å². The summed E-state index contributed by atoms with van der Waals surface area (Å²) in [7, 11) is 0. The fraction of sp³-hybridized carbons (Fsp3) is 0.680. The topological polar surface area (TPSA) is 47.1 Å². The van der Waals surface area contributed by atoms with Gasteiger partial charge in [-0.15, -0.1) is 0 Å². The fourth-order valence-corrected chi connectivity index (χ4v) is 4.34. The molecule has 2 rings (SSSR count). The molecule has 0 bridgehead atoms. The Morgan fingerprint density at radius 2 is 1.39 bits per heavy atom. The third-order valence-corrected chi connectivity index (χ3v) is 6.34. The summed E-state index contributed by atoms with van der Waals surface area (Å²) in [6.07, 6.45) is 4.44. The zero-order valence-corrected chi connectivity index (χ0v) is 20.3. The Bertz CT molecular complexity index is 713. The number of nitrogens with zero attached hydrogens (tertiary/aromatic N) is 4. The van der Waals surface area contributed by atoms with Crippen LogP contribution in [0.1, 0.15) is 65.9 Å². The van der Waals surface area contributed by atoms with Gasteiger partial charge in [-0.2, -0.15) is 0 Å². The van der Waals surface area contributed by atoms with E-state index in [1.54, 1.807) is 9.80 Å². The van der Waals surface area contributed by atoms with Gasteiger partial charge in [-0.3, -0.25) is 9.59 Å². The number of hydrogen-bond acceptors (Lipinski definition) is 4. The molecule has 0 aliphatic carbocycles. The molecule has 0 spiro atoms. The fourth-order valence-electron chi connectivity index (χ4n) is 4.34. The summed E-state index contributed by atoms with van der Waals surface area (Å²) >= 11 is 0. The van der Waals surface area contributed by atoms with Crippen LogP contribution in [-0.2, 0) is 16.1 Å². The maximum atomic E-state index is 12.8. The number of hydrogen-bond donors (Lipinski definition) is 0. The summed E-state index contributed by atoms with van der Waals surface area (Å²) < 4.78 is 0. The monoisotopic (exact) mass is 430 g/mol. The quantitative estimate of drug-likeness (QED) is 0.349. The second-order valence-corrected chi connectivity index (χ2v) is 8.24. The summed E-state index contributed by atoms with van der Waals surface area (Å²) in [4.78, 5) is 33.6. The third kappa shape index (κ3) is 6.37. The molecule has 1 aliphatic heterocycles. The Kier molecular flexibility index (Phi) is 10.2. The minimum absolute atomic E-state index is 0.341. The molecule has 0 aromatic heterocycles. The van der Waals surface area contributed by atoms with Crippen molar-refractivity contribution >= 4 is 23.2 Å². The SMILES string of the molecule is CCCCCCN1CCN(Cc2ccc(N(CC)CC)cc2N(CC)CC)C(=O)C1=O. The molecule has 174 valence electrons. The summed E-state index contributed by atoms with van der Waals surface area (Å²) in [5.41, 5.74) is 3.48. The van der Waals surface area contributed by atoms with Gasteiger partial charge in [-0.05, 0) is 51.8 Å². The van der Waals surface area contributed by atoms with E-state index in [1.165, 1.54) is 18.5 Å². The number of carbonyl (C=O) groups excluding carboxylic acids is 2. The summed E-state index contributed by atoms with van der Waals surface area (Å²) in [5.74, 6) is -0.702. The van der Waals surface area contributed by atoms with E-state index in [-0.39, 0.29) is 11.8 Å². The van der Waals surface area contributed by atoms with Gasteiger partial charge in [0, 0.05) is 63.7 Å². The molecule has 1 saturated heterocycles. The van der Waals surface area contributed by atoms with Crippen molar-refractivity contribution in [3.8, 4) is 0 Å². The molecule has 1 heterocycles. The van der Waals surface area contributed by atoms with Gasteiger partial charge in [0.2, 0.25) is 0 Å².